The lowest BCUT2D eigenvalue weighted by atomic mass is 9.84. The largest absolute Gasteiger partial charge is 0.301 e. The quantitative estimate of drug-likeness (QED) is 0.657. The summed E-state index contributed by atoms with van der Waals surface area (Å²) in [6.45, 7) is 4.32. The van der Waals surface area contributed by atoms with Crippen LogP contribution in [0.3, 0.4) is 0 Å². The Morgan fingerprint density at radius 1 is 1.23 bits per heavy atom. The topological polar surface area (TPSA) is 12.0 Å². The van der Waals surface area contributed by atoms with Gasteiger partial charge in [-0.3, -0.25) is 0 Å². The van der Waals surface area contributed by atoms with E-state index in [0.29, 0.717) is 6.04 Å². The lowest BCUT2D eigenvalue weighted by Crippen LogP contribution is -2.39. The molecule has 1 nitrogen and oxygen atoms in total. The molecule has 1 saturated carbocycles. The van der Waals surface area contributed by atoms with Gasteiger partial charge in [0, 0.05) is 6.04 Å². The molecular weight excluding hydrogens is 158 g/mol. The summed E-state index contributed by atoms with van der Waals surface area (Å²) < 4.78 is 0. The predicted octanol–water partition coefficient (Wildman–Crippen LogP) is 2.57. The maximum absolute atomic E-state index is 5.34. The molecule has 0 aliphatic heterocycles. The van der Waals surface area contributed by atoms with E-state index < -0.39 is 0 Å². The standard InChI is InChI=1S/C12H21N/c1-4-10(2)13-11(3)12-8-6-5-7-9-12/h1,10-13H,5-9H2,2-3H3/t10?,11-/m0/s1. The molecule has 0 saturated heterocycles. The van der Waals surface area contributed by atoms with Crippen molar-refractivity contribution in [3.05, 3.63) is 0 Å². The SMILES string of the molecule is C#CC(C)N[C@@H](C)C1CCCCC1. The Balaban J connectivity index is 2.29. The minimum atomic E-state index is 0.219. The van der Waals surface area contributed by atoms with Gasteiger partial charge in [0.05, 0.1) is 6.04 Å². The van der Waals surface area contributed by atoms with Crippen molar-refractivity contribution in [1.29, 1.82) is 0 Å². The van der Waals surface area contributed by atoms with Crippen LogP contribution in [0, 0.1) is 18.3 Å². The van der Waals surface area contributed by atoms with Crippen LogP contribution in [-0.4, -0.2) is 12.1 Å². The second kappa shape index (κ2) is 5.29. The third kappa shape index (κ3) is 3.40. The van der Waals surface area contributed by atoms with Gasteiger partial charge in [-0.2, -0.15) is 0 Å². The van der Waals surface area contributed by atoms with Crippen molar-refractivity contribution < 1.29 is 0 Å². The molecule has 0 heterocycles. The number of hydrogen-bond acceptors (Lipinski definition) is 1. The monoisotopic (exact) mass is 179 g/mol. The van der Waals surface area contributed by atoms with Gasteiger partial charge in [-0.25, -0.2) is 0 Å². The summed E-state index contributed by atoms with van der Waals surface area (Å²) in [5, 5.41) is 3.46. The Morgan fingerprint density at radius 3 is 2.38 bits per heavy atom. The highest BCUT2D eigenvalue weighted by atomic mass is 14.9. The molecule has 1 rings (SSSR count). The lowest BCUT2D eigenvalue weighted by Gasteiger charge is -2.29. The van der Waals surface area contributed by atoms with Crippen LogP contribution in [0.4, 0.5) is 0 Å². The van der Waals surface area contributed by atoms with Crippen LogP contribution in [0.1, 0.15) is 46.0 Å². The summed E-state index contributed by atoms with van der Waals surface area (Å²) >= 11 is 0. The molecule has 0 radical (unpaired) electrons. The van der Waals surface area contributed by atoms with Gasteiger partial charge < -0.3 is 5.32 Å². The first kappa shape index (κ1) is 10.6. The van der Waals surface area contributed by atoms with Crippen LogP contribution in [-0.2, 0) is 0 Å². The average molecular weight is 179 g/mol. The Labute approximate surface area is 82.3 Å². The van der Waals surface area contributed by atoms with Crippen molar-refractivity contribution in [3.8, 4) is 12.3 Å². The van der Waals surface area contributed by atoms with E-state index in [-0.39, 0.29) is 6.04 Å². The lowest BCUT2D eigenvalue weighted by molar-refractivity contribution is 0.277. The molecule has 1 aliphatic carbocycles. The highest BCUT2D eigenvalue weighted by molar-refractivity contribution is 4.97. The zero-order chi connectivity index (χ0) is 9.68. The van der Waals surface area contributed by atoms with E-state index in [4.69, 9.17) is 6.42 Å². The van der Waals surface area contributed by atoms with Gasteiger partial charge in [-0.05, 0) is 32.6 Å². The fourth-order valence-corrected chi connectivity index (χ4v) is 2.21. The molecule has 0 bridgehead atoms. The molecule has 1 N–H and O–H groups in total. The average Bonchev–Trinajstić information content (AvgIpc) is 2.19. The molecule has 13 heavy (non-hydrogen) atoms. The maximum atomic E-state index is 5.34. The number of terminal acetylenes is 1. The second-order valence-corrected chi connectivity index (χ2v) is 4.24. The summed E-state index contributed by atoms with van der Waals surface area (Å²) in [6.07, 6.45) is 12.3. The number of hydrogen-bond donors (Lipinski definition) is 1. The van der Waals surface area contributed by atoms with Gasteiger partial charge in [0.25, 0.3) is 0 Å². The summed E-state index contributed by atoms with van der Waals surface area (Å²) in [4.78, 5) is 0. The van der Waals surface area contributed by atoms with Gasteiger partial charge in [0.15, 0.2) is 0 Å². The summed E-state index contributed by atoms with van der Waals surface area (Å²) in [5.41, 5.74) is 0. The van der Waals surface area contributed by atoms with Crippen LogP contribution in [0.5, 0.6) is 0 Å². The van der Waals surface area contributed by atoms with Crippen LogP contribution in [0.25, 0.3) is 0 Å². The highest BCUT2D eigenvalue weighted by Crippen LogP contribution is 2.26. The fraction of sp³-hybridized carbons (Fsp3) is 0.833. The molecule has 0 aromatic heterocycles. The van der Waals surface area contributed by atoms with E-state index in [2.05, 4.69) is 25.1 Å². The van der Waals surface area contributed by atoms with Crippen molar-refractivity contribution in [2.75, 3.05) is 0 Å². The first-order chi connectivity index (χ1) is 6.24. The minimum absolute atomic E-state index is 0.219. The van der Waals surface area contributed by atoms with Crippen molar-refractivity contribution in [2.45, 2.75) is 58.0 Å². The molecule has 0 aromatic rings. The van der Waals surface area contributed by atoms with Crippen LogP contribution in [0.2, 0.25) is 0 Å². The van der Waals surface area contributed by atoms with Gasteiger partial charge in [-0.1, -0.05) is 25.2 Å². The van der Waals surface area contributed by atoms with Crippen molar-refractivity contribution in [2.24, 2.45) is 5.92 Å². The van der Waals surface area contributed by atoms with E-state index in [9.17, 15) is 0 Å². The van der Waals surface area contributed by atoms with E-state index in [1.165, 1.54) is 32.1 Å². The summed E-state index contributed by atoms with van der Waals surface area (Å²) in [5.74, 6) is 3.58. The first-order valence-electron chi connectivity index (χ1n) is 5.46. The molecule has 74 valence electrons. The Bertz CT molecular complexity index is 174. The second-order valence-electron chi connectivity index (χ2n) is 4.24. The van der Waals surface area contributed by atoms with E-state index >= 15 is 0 Å². The Hall–Kier alpha value is -0.480. The Kier molecular flexibility index (Phi) is 4.32. The van der Waals surface area contributed by atoms with Crippen molar-refractivity contribution >= 4 is 0 Å². The van der Waals surface area contributed by atoms with E-state index in [0.717, 1.165) is 5.92 Å². The molecule has 0 spiro atoms. The number of nitrogens with one attached hydrogen (secondary N) is 1. The molecule has 0 amide bonds. The molecule has 1 aliphatic rings. The molecule has 1 heteroatoms. The number of rotatable bonds is 3. The molecule has 1 fully saturated rings. The highest BCUT2D eigenvalue weighted by Gasteiger charge is 2.20. The van der Waals surface area contributed by atoms with Gasteiger partial charge in [0.2, 0.25) is 0 Å². The molecule has 2 atom stereocenters. The summed E-state index contributed by atoms with van der Waals surface area (Å²) in [6, 6.07) is 0.809. The summed E-state index contributed by atoms with van der Waals surface area (Å²) in [7, 11) is 0. The van der Waals surface area contributed by atoms with Gasteiger partial charge >= 0.3 is 0 Å². The van der Waals surface area contributed by atoms with Crippen molar-refractivity contribution in [1.82, 2.24) is 5.32 Å². The molecular formula is C12H21N. The fourth-order valence-electron chi connectivity index (χ4n) is 2.21. The Morgan fingerprint density at radius 2 is 1.85 bits per heavy atom. The smallest absolute Gasteiger partial charge is 0.0660 e. The third-order valence-electron chi connectivity index (χ3n) is 3.12. The van der Waals surface area contributed by atoms with E-state index in [1.54, 1.807) is 0 Å². The first-order valence-corrected chi connectivity index (χ1v) is 5.46. The molecule has 1 unspecified atom stereocenters. The van der Waals surface area contributed by atoms with Gasteiger partial charge in [0.1, 0.15) is 0 Å². The molecule has 0 aromatic carbocycles. The van der Waals surface area contributed by atoms with Crippen LogP contribution >= 0.6 is 0 Å². The third-order valence-corrected chi connectivity index (χ3v) is 3.12. The van der Waals surface area contributed by atoms with Gasteiger partial charge in [-0.15, -0.1) is 6.42 Å². The van der Waals surface area contributed by atoms with E-state index in [1.807, 2.05) is 0 Å². The predicted molar refractivity (Wildman–Crippen MR) is 57.5 cm³/mol. The zero-order valence-corrected chi connectivity index (χ0v) is 8.84. The van der Waals surface area contributed by atoms with Crippen molar-refractivity contribution in [3.63, 3.8) is 0 Å². The van der Waals surface area contributed by atoms with Crippen LogP contribution < -0.4 is 5.32 Å². The normalized spacial score (nSPS) is 23.5. The maximum Gasteiger partial charge on any atom is 0.0660 e. The van der Waals surface area contributed by atoms with Crippen LogP contribution in [0.15, 0.2) is 0 Å². The minimum Gasteiger partial charge on any atom is -0.301 e. The zero-order valence-electron chi connectivity index (χ0n) is 8.84.